The van der Waals surface area contributed by atoms with E-state index in [4.69, 9.17) is 4.74 Å². The number of amides is 3. The molecule has 132 valence electrons. The van der Waals surface area contributed by atoms with Gasteiger partial charge >= 0.3 is 6.03 Å². The Morgan fingerprint density at radius 2 is 2.04 bits per heavy atom. The standard InChI is InChI=1S/C17H21N5O3/c1-12-13(5-4-6-15(12)25-3)10-21-8-7-16(23)22(17(21)24)11-14-9-18-20(2)19-14/h4-6,9H,7-8,10-11H2,1-3H3. The maximum Gasteiger partial charge on any atom is 0.327 e. The highest BCUT2D eigenvalue weighted by molar-refractivity contribution is 5.96. The Hall–Kier alpha value is -2.90. The van der Waals surface area contributed by atoms with Crippen molar-refractivity contribution in [3.63, 3.8) is 0 Å². The van der Waals surface area contributed by atoms with E-state index in [9.17, 15) is 9.59 Å². The Balaban J connectivity index is 1.77. The molecule has 0 spiro atoms. The molecule has 0 aliphatic carbocycles. The first kappa shape index (κ1) is 16.9. The number of aryl methyl sites for hydroxylation is 1. The predicted octanol–water partition coefficient (Wildman–Crippen LogP) is 1.49. The molecule has 2 aromatic rings. The summed E-state index contributed by atoms with van der Waals surface area (Å²) in [6.07, 6.45) is 1.86. The quantitative estimate of drug-likeness (QED) is 0.821. The molecule has 3 rings (SSSR count). The van der Waals surface area contributed by atoms with E-state index in [1.165, 1.54) is 9.70 Å². The van der Waals surface area contributed by atoms with Gasteiger partial charge in [-0.25, -0.2) is 4.79 Å². The highest BCUT2D eigenvalue weighted by Crippen LogP contribution is 2.24. The van der Waals surface area contributed by atoms with Gasteiger partial charge in [0.1, 0.15) is 11.4 Å². The van der Waals surface area contributed by atoms with Gasteiger partial charge in [0.25, 0.3) is 0 Å². The van der Waals surface area contributed by atoms with E-state index < -0.39 is 0 Å². The first-order chi connectivity index (χ1) is 12.0. The van der Waals surface area contributed by atoms with Crippen molar-refractivity contribution in [1.82, 2.24) is 24.8 Å². The smallest absolute Gasteiger partial charge is 0.327 e. The van der Waals surface area contributed by atoms with Gasteiger partial charge < -0.3 is 9.64 Å². The van der Waals surface area contributed by atoms with Crippen LogP contribution in [0, 0.1) is 6.92 Å². The summed E-state index contributed by atoms with van der Waals surface area (Å²) in [7, 11) is 3.32. The number of benzene rings is 1. The maximum atomic E-state index is 12.8. The third-order valence-corrected chi connectivity index (χ3v) is 4.34. The van der Waals surface area contributed by atoms with Crippen molar-refractivity contribution in [3.05, 3.63) is 41.2 Å². The summed E-state index contributed by atoms with van der Waals surface area (Å²) in [5.41, 5.74) is 2.58. The minimum atomic E-state index is -0.302. The summed E-state index contributed by atoms with van der Waals surface area (Å²) in [4.78, 5) is 29.3. The number of methoxy groups -OCH3 is 1. The van der Waals surface area contributed by atoms with Gasteiger partial charge in [0.05, 0.1) is 19.9 Å². The largest absolute Gasteiger partial charge is 0.496 e. The van der Waals surface area contributed by atoms with Gasteiger partial charge in [-0.05, 0) is 24.1 Å². The lowest BCUT2D eigenvalue weighted by molar-refractivity contribution is -0.131. The van der Waals surface area contributed by atoms with Crippen molar-refractivity contribution in [1.29, 1.82) is 0 Å². The zero-order chi connectivity index (χ0) is 18.0. The lowest BCUT2D eigenvalue weighted by Gasteiger charge is -2.34. The second-order valence-electron chi connectivity index (χ2n) is 6.00. The van der Waals surface area contributed by atoms with E-state index in [0.29, 0.717) is 25.2 Å². The van der Waals surface area contributed by atoms with Crippen LogP contribution in [0.2, 0.25) is 0 Å². The van der Waals surface area contributed by atoms with Gasteiger partial charge in [-0.1, -0.05) is 12.1 Å². The fraction of sp³-hybridized carbons (Fsp3) is 0.412. The van der Waals surface area contributed by atoms with Crippen LogP contribution in [-0.2, 0) is 24.9 Å². The molecule has 1 aromatic carbocycles. The number of carbonyl (C=O) groups is 2. The van der Waals surface area contributed by atoms with Gasteiger partial charge in [0, 0.05) is 26.6 Å². The van der Waals surface area contributed by atoms with Crippen LogP contribution in [0.25, 0.3) is 0 Å². The molecule has 1 aliphatic rings. The van der Waals surface area contributed by atoms with E-state index in [1.807, 2.05) is 25.1 Å². The average Bonchev–Trinajstić information content (AvgIpc) is 3.01. The molecule has 1 fully saturated rings. The summed E-state index contributed by atoms with van der Waals surface area (Å²) in [6.45, 7) is 2.95. The van der Waals surface area contributed by atoms with Crippen LogP contribution in [-0.4, -0.2) is 50.4 Å². The summed E-state index contributed by atoms with van der Waals surface area (Å²) in [5, 5.41) is 8.12. The van der Waals surface area contributed by atoms with Crippen molar-refractivity contribution < 1.29 is 14.3 Å². The van der Waals surface area contributed by atoms with Crippen molar-refractivity contribution in [2.45, 2.75) is 26.4 Å². The second-order valence-corrected chi connectivity index (χ2v) is 6.00. The molecule has 0 atom stereocenters. The second kappa shape index (κ2) is 6.92. The van der Waals surface area contributed by atoms with Crippen molar-refractivity contribution in [3.8, 4) is 5.75 Å². The third kappa shape index (κ3) is 3.47. The number of rotatable bonds is 5. The Morgan fingerprint density at radius 3 is 2.72 bits per heavy atom. The van der Waals surface area contributed by atoms with Gasteiger partial charge in [-0.3, -0.25) is 9.69 Å². The topological polar surface area (TPSA) is 80.6 Å². The van der Waals surface area contributed by atoms with E-state index in [-0.39, 0.29) is 18.5 Å². The van der Waals surface area contributed by atoms with Crippen LogP contribution in [0.5, 0.6) is 5.75 Å². The molecule has 1 aromatic heterocycles. The van der Waals surface area contributed by atoms with Gasteiger partial charge in [0.2, 0.25) is 5.91 Å². The van der Waals surface area contributed by atoms with Crippen LogP contribution in [0.4, 0.5) is 4.79 Å². The first-order valence-corrected chi connectivity index (χ1v) is 8.06. The van der Waals surface area contributed by atoms with Gasteiger partial charge in [-0.15, -0.1) is 0 Å². The molecule has 0 radical (unpaired) electrons. The lowest BCUT2D eigenvalue weighted by atomic mass is 10.1. The van der Waals surface area contributed by atoms with Crippen molar-refractivity contribution in [2.75, 3.05) is 13.7 Å². The molecule has 0 bridgehead atoms. The van der Waals surface area contributed by atoms with E-state index in [1.54, 1.807) is 25.3 Å². The van der Waals surface area contributed by atoms with E-state index in [0.717, 1.165) is 16.9 Å². The van der Waals surface area contributed by atoms with Crippen LogP contribution >= 0.6 is 0 Å². The minimum absolute atomic E-state index is 0.138. The summed E-state index contributed by atoms with van der Waals surface area (Å²) in [5.74, 6) is 0.601. The lowest BCUT2D eigenvalue weighted by Crippen LogP contribution is -2.51. The van der Waals surface area contributed by atoms with E-state index >= 15 is 0 Å². The first-order valence-electron chi connectivity index (χ1n) is 8.06. The molecule has 25 heavy (non-hydrogen) atoms. The van der Waals surface area contributed by atoms with Gasteiger partial charge in [0.15, 0.2) is 0 Å². The molecule has 1 saturated heterocycles. The molecule has 3 amide bonds. The SMILES string of the molecule is COc1cccc(CN2CCC(=O)N(Cc3cnn(C)n3)C2=O)c1C. The maximum absolute atomic E-state index is 12.8. The van der Waals surface area contributed by atoms with Crippen LogP contribution in [0.3, 0.4) is 0 Å². The van der Waals surface area contributed by atoms with Crippen molar-refractivity contribution >= 4 is 11.9 Å². The molecule has 0 unspecified atom stereocenters. The van der Waals surface area contributed by atoms with Crippen LogP contribution in [0.1, 0.15) is 23.2 Å². The Kier molecular flexibility index (Phi) is 4.69. The third-order valence-electron chi connectivity index (χ3n) is 4.34. The number of urea groups is 1. The van der Waals surface area contributed by atoms with E-state index in [2.05, 4.69) is 10.2 Å². The highest BCUT2D eigenvalue weighted by atomic mass is 16.5. The zero-order valence-corrected chi connectivity index (χ0v) is 14.6. The summed E-state index contributed by atoms with van der Waals surface area (Å²) < 4.78 is 5.34. The molecule has 1 aliphatic heterocycles. The Labute approximate surface area is 146 Å². The molecular weight excluding hydrogens is 322 g/mol. The molecule has 8 heteroatoms. The molecule has 8 nitrogen and oxygen atoms in total. The van der Waals surface area contributed by atoms with Gasteiger partial charge in [-0.2, -0.15) is 15.0 Å². The fourth-order valence-electron chi connectivity index (χ4n) is 2.92. The average molecular weight is 343 g/mol. The van der Waals surface area contributed by atoms with Crippen LogP contribution in [0.15, 0.2) is 24.4 Å². The number of aromatic nitrogens is 3. The highest BCUT2D eigenvalue weighted by Gasteiger charge is 2.32. The van der Waals surface area contributed by atoms with Crippen LogP contribution < -0.4 is 4.74 Å². The Bertz CT molecular complexity index is 801. The normalized spacial score (nSPS) is 15.0. The summed E-state index contributed by atoms with van der Waals surface area (Å²) >= 11 is 0. The molecule has 0 N–H and O–H groups in total. The zero-order valence-electron chi connectivity index (χ0n) is 14.6. The van der Waals surface area contributed by atoms with Crippen molar-refractivity contribution in [2.24, 2.45) is 7.05 Å². The number of hydrogen-bond donors (Lipinski definition) is 0. The number of hydrogen-bond acceptors (Lipinski definition) is 5. The predicted molar refractivity (Wildman–Crippen MR) is 89.7 cm³/mol. The Morgan fingerprint density at radius 1 is 1.24 bits per heavy atom. The number of ether oxygens (including phenoxy) is 1. The number of nitrogens with zero attached hydrogens (tertiary/aromatic N) is 5. The fourth-order valence-corrected chi connectivity index (χ4v) is 2.92. The number of carbonyl (C=O) groups excluding carboxylic acids is 2. The molecule has 2 heterocycles. The monoisotopic (exact) mass is 343 g/mol. The summed E-state index contributed by atoms with van der Waals surface area (Å²) in [6, 6.07) is 5.46. The minimum Gasteiger partial charge on any atom is -0.496 e. The molecule has 0 saturated carbocycles. The number of imide groups is 1. The molecular formula is C17H21N5O3.